The maximum atomic E-state index is 12.5. The summed E-state index contributed by atoms with van der Waals surface area (Å²) >= 11 is 1.52. The monoisotopic (exact) mass is 509 g/mol. The second-order valence-electron chi connectivity index (χ2n) is 9.05. The molecule has 6 rings (SSSR count). The molecular weight excluding hydrogens is 486 g/mol. The Labute approximate surface area is 217 Å². The standard InChI is InChI=1S/C29H23N3O4S/c1-15(2)36-28(29(33)34)24-16(3)12-21-18(4-6-20(32-21)23-13-30-14-37-23)26(24)19-5-7-22-25-17(9-11-35-22)8-10-31-27(19)25/h4-8,10,12-14,28H,1,9,11H2,2-3H3,(H,33,34)/t28-/m0/s1. The van der Waals surface area contributed by atoms with E-state index in [0.29, 0.717) is 17.9 Å². The van der Waals surface area contributed by atoms with Crippen molar-refractivity contribution in [3.05, 3.63) is 83.3 Å². The lowest BCUT2D eigenvalue weighted by molar-refractivity contribution is -0.148. The third-order valence-corrected chi connectivity index (χ3v) is 7.37. The number of rotatable bonds is 6. The van der Waals surface area contributed by atoms with Gasteiger partial charge in [0.05, 0.1) is 39.5 Å². The third-order valence-electron chi connectivity index (χ3n) is 6.57. The Morgan fingerprint density at radius 1 is 1.24 bits per heavy atom. The highest BCUT2D eigenvalue weighted by Gasteiger charge is 2.30. The first kappa shape index (κ1) is 23.1. The van der Waals surface area contributed by atoms with Gasteiger partial charge < -0.3 is 14.6 Å². The molecule has 0 fully saturated rings. The number of hydrogen-bond donors (Lipinski definition) is 1. The quantitative estimate of drug-likeness (QED) is 0.261. The number of aryl methyl sites for hydroxylation is 1. The minimum atomic E-state index is -1.25. The van der Waals surface area contributed by atoms with Crippen LogP contribution in [-0.2, 0) is 16.0 Å². The van der Waals surface area contributed by atoms with Gasteiger partial charge in [-0.05, 0) is 61.4 Å². The lowest BCUT2D eigenvalue weighted by Crippen LogP contribution is -2.17. The SMILES string of the molecule is C=C(C)O[C@H](C(=O)O)c1c(C)cc2nc(-c3cncs3)ccc2c1-c1ccc2c3c(ccnc13)CCO2. The Morgan fingerprint density at radius 3 is 2.86 bits per heavy atom. The molecule has 1 atom stereocenters. The van der Waals surface area contributed by atoms with Gasteiger partial charge in [-0.2, -0.15) is 0 Å². The minimum absolute atomic E-state index is 0.319. The van der Waals surface area contributed by atoms with Crippen LogP contribution < -0.4 is 4.74 Å². The van der Waals surface area contributed by atoms with Crippen molar-refractivity contribution in [2.75, 3.05) is 6.61 Å². The number of thiazole rings is 1. The number of ether oxygens (including phenoxy) is 2. The topological polar surface area (TPSA) is 94.4 Å². The molecule has 4 heterocycles. The first-order chi connectivity index (χ1) is 17.9. The summed E-state index contributed by atoms with van der Waals surface area (Å²) in [6, 6.07) is 11.7. The molecule has 0 amide bonds. The molecule has 0 saturated carbocycles. The number of hydrogen-bond acceptors (Lipinski definition) is 7. The van der Waals surface area contributed by atoms with Gasteiger partial charge in [-0.25, -0.2) is 9.78 Å². The summed E-state index contributed by atoms with van der Waals surface area (Å²) in [5.41, 5.74) is 8.09. The first-order valence-corrected chi connectivity index (χ1v) is 12.7. The van der Waals surface area contributed by atoms with Crippen LogP contribution in [0.3, 0.4) is 0 Å². The number of allylic oxidation sites excluding steroid dienone is 1. The number of benzene rings is 2. The second kappa shape index (κ2) is 8.97. The van der Waals surface area contributed by atoms with E-state index in [-0.39, 0.29) is 0 Å². The van der Waals surface area contributed by atoms with E-state index in [1.807, 2.05) is 43.3 Å². The van der Waals surface area contributed by atoms with Crippen molar-refractivity contribution in [2.45, 2.75) is 26.4 Å². The summed E-state index contributed by atoms with van der Waals surface area (Å²) in [5, 5.41) is 12.0. The van der Waals surface area contributed by atoms with E-state index < -0.39 is 12.1 Å². The van der Waals surface area contributed by atoms with E-state index in [1.54, 1.807) is 24.8 Å². The van der Waals surface area contributed by atoms with Gasteiger partial charge in [0.1, 0.15) is 5.75 Å². The van der Waals surface area contributed by atoms with Crippen LogP contribution in [0.5, 0.6) is 5.75 Å². The summed E-state index contributed by atoms with van der Waals surface area (Å²) in [4.78, 5) is 27.3. The second-order valence-corrected chi connectivity index (χ2v) is 9.94. The molecule has 0 saturated heterocycles. The van der Waals surface area contributed by atoms with E-state index in [2.05, 4.69) is 11.6 Å². The molecule has 0 unspecified atom stereocenters. The number of carboxylic acid groups (broad SMARTS) is 1. The molecule has 3 aromatic heterocycles. The van der Waals surface area contributed by atoms with Gasteiger partial charge in [0.25, 0.3) is 0 Å². The Balaban J connectivity index is 1.72. The number of carboxylic acids is 1. The average Bonchev–Trinajstić information content (AvgIpc) is 3.42. The third kappa shape index (κ3) is 3.90. The maximum Gasteiger partial charge on any atom is 0.349 e. The molecule has 184 valence electrons. The van der Waals surface area contributed by atoms with E-state index >= 15 is 0 Å². The van der Waals surface area contributed by atoms with Crippen molar-refractivity contribution in [1.29, 1.82) is 0 Å². The molecular formula is C29H23N3O4S. The molecule has 1 N–H and O–H groups in total. The van der Waals surface area contributed by atoms with Crippen LogP contribution in [0.1, 0.15) is 29.7 Å². The van der Waals surface area contributed by atoms with Crippen molar-refractivity contribution in [3.8, 4) is 27.4 Å². The molecule has 1 aliphatic rings. The van der Waals surface area contributed by atoms with Crippen molar-refractivity contribution in [1.82, 2.24) is 15.0 Å². The predicted octanol–water partition coefficient (Wildman–Crippen LogP) is 6.49. The normalized spacial score (nSPS) is 13.4. The Bertz CT molecular complexity index is 1700. The van der Waals surface area contributed by atoms with E-state index in [9.17, 15) is 9.90 Å². The number of carbonyl (C=O) groups is 1. The summed E-state index contributed by atoms with van der Waals surface area (Å²) in [6.07, 6.45) is 3.12. The zero-order chi connectivity index (χ0) is 25.7. The van der Waals surface area contributed by atoms with Crippen molar-refractivity contribution >= 4 is 39.1 Å². The van der Waals surface area contributed by atoms with Gasteiger partial charge in [-0.1, -0.05) is 6.58 Å². The van der Waals surface area contributed by atoms with Gasteiger partial charge in [0.2, 0.25) is 6.10 Å². The van der Waals surface area contributed by atoms with Gasteiger partial charge in [0.15, 0.2) is 0 Å². The van der Waals surface area contributed by atoms with Crippen molar-refractivity contribution in [3.63, 3.8) is 0 Å². The molecule has 8 heteroatoms. The predicted molar refractivity (Wildman–Crippen MR) is 144 cm³/mol. The van der Waals surface area contributed by atoms with Crippen LogP contribution in [0.4, 0.5) is 0 Å². The molecule has 0 bridgehead atoms. The first-order valence-electron chi connectivity index (χ1n) is 11.8. The van der Waals surface area contributed by atoms with Gasteiger partial charge >= 0.3 is 5.97 Å². The van der Waals surface area contributed by atoms with E-state index in [4.69, 9.17) is 19.4 Å². The maximum absolute atomic E-state index is 12.5. The summed E-state index contributed by atoms with van der Waals surface area (Å²) < 4.78 is 11.7. The molecule has 0 spiro atoms. The van der Waals surface area contributed by atoms with Crippen LogP contribution in [0.25, 0.3) is 43.5 Å². The van der Waals surface area contributed by atoms with E-state index in [0.717, 1.165) is 66.8 Å². The fourth-order valence-electron chi connectivity index (χ4n) is 5.07. The van der Waals surface area contributed by atoms with Crippen molar-refractivity contribution in [2.24, 2.45) is 0 Å². The molecule has 7 nitrogen and oxygen atoms in total. The van der Waals surface area contributed by atoms with Crippen LogP contribution in [0, 0.1) is 6.92 Å². The summed E-state index contributed by atoms with van der Waals surface area (Å²) in [5.74, 6) is 0.00471. The Morgan fingerprint density at radius 2 is 2.11 bits per heavy atom. The van der Waals surface area contributed by atoms with Crippen molar-refractivity contribution < 1.29 is 19.4 Å². The molecule has 0 radical (unpaired) electrons. The zero-order valence-corrected chi connectivity index (χ0v) is 21.1. The fourth-order valence-corrected chi connectivity index (χ4v) is 5.66. The highest BCUT2D eigenvalue weighted by molar-refractivity contribution is 7.13. The number of nitrogens with zero attached hydrogens (tertiary/aromatic N) is 3. The minimum Gasteiger partial charge on any atom is -0.493 e. The lowest BCUT2D eigenvalue weighted by atomic mass is 9.86. The lowest BCUT2D eigenvalue weighted by Gasteiger charge is -2.24. The molecule has 1 aliphatic heterocycles. The van der Waals surface area contributed by atoms with Crippen LogP contribution in [-0.4, -0.2) is 32.6 Å². The number of fused-ring (bicyclic) bond motifs is 1. The number of aliphatic carboxylic acids is 1. The molecule has 5 aromatic rings. The number of pyridine rings is 2. The van der Waals surface area contributed by atoms with Crippen LogP contribution >= 0.6 is 11.3 Å². The summed E-state index contributed by atoms with van der Waals surface area (Å²) in [7, 11) is 0. The molecule has 37 heavy (non-hydrogen) atoms. The smallest absolute Gasteiger partial charge is 0.349 e. The number of aromatic nitrogens is 3. The highest BCUT2D eigenvalue weighted by atomic mass is 32.1. The zero-order valence-electron chi connectivity index (χ0n) is 20.3. The molecule has 0 aliphatic carbocycles. The van der Waals surface area contributed by atoms with Crippen LogP contribution in [0.15, 0.2) is 66.6 Å². The largest absolute Gasteiger partial charge is 0.493 e. The van der Waals surface area contributed by atoms with Gasteiger partial charge in [-0.15, -0.1) is 11.3 Å². The van der Waals surface area contributed by atoms with Gasteiger partial charge in [-0.3, -0.25) is 9.97 Å². The Kier molecular flexibility index (Phi) is 5.61. The van der Waals surface area contributed by atoms with E-state index in [1.165, 1.54) is 11.3 Å². The molecule has 2 aromatic carbocycles. The highest BCUT2D eigenvalue weighted by Crippen LogP contribution is 2.44. The average molecular weight is 510 g/mol. The van der Waals surface area contributed by atoms with Crippen LogP contribution in [0.2, 0.25) is 0 Å². The van der Waals surface area contributed by atoms with Gasteiger partial charge in [0, 0.05) is 46.3 Å². The summed E-state index contributed by atoms with van der Waals surface area (Å²) in [6.45, 7) is 7.95. The Hall–Kier alpha value is -4.30. The fraction of sp³-hybridized carbons (Fsp3) is 0.172.